The van der Waals surface area contributed by atoms with Crippen molar-refractivity contribution in [2.24, 2.45) is 0 Å². The minimum Gasteiger partial charge on any atom is -0.394 e. The van der Waals surface area contributed by atoms with Crippen molar-refractivity contribution in [2.75, 3.05) is 13.7 Å². The van der Waals surface area contributed by atoms with Crippen LogP contribution in [-0.2, 0) is 9.53 Å². The molecule has 7 heteroatoms. The number of aliphatic hydroxyl groups excluding tert-OH is 4. The molecule has 1 aliphatic rings. The monoisotopic (exact) mass is 223 g/mol. The molecule has 5 atom stereocenters. The van der Waals surface area contributed by atoms with E-state index in [1.807, 2.05) is 6.79 Å². The van der Waals surface area contributed by atoms with Crippen LogP contribution < -0.4 is 5.32 Å². The first kappa shape index (κ1) is 14.4. The summed E-state index contributed by atoms with van der Waals surface area (Å²) in [5.74, 6) is 0. The van der Waals surface area contributed by atoms with Crippen molar-refractivity contribution in [1.82, 2.24) is 5.32 Å². The molecule has 0 aromatic heterocycles. The van der Waals surface area contributed by atoms with Crippen LogP contribution in [0.15, 0.2) is 0 Å². The van der Waals surface area contributed by atoms with Gasteiger partial charge in [0.2, 0.25) is 0 Å². The minimum absolute atomic E-state index is 0.439. The Balaban J connectivity index is 0.000000921. The lowest BCUT2D eigenvalue weighted by Crippen LogP contribution is -2.62. The number of rotatable bonds is 2. The van der Waals surface area contributed by atoms with Gasteiger partial charge < -0.3 is 35.3 Å². The smallest absolute Gasteiger partial charge is 0.173 e. The third kappa shape index (κ3) is 3.20. The molecule has 0 aromatic rings. The lowest BCUT2D eigenvalue weighted by molar-refractivity contribution is -0.253. The lowest BCUT2D eigenvalue weighted by Gasteiger charge is -2.39. The molecule has 0 aromatic carbocycles. The molecule has 1 saturated heterocycles. The number of carbonyl (C=O) groups is 1. The van der Waals surface area contributed by atoms with Crippen LogP contribution in [0.3, 0.4) is 0 Å². The number of nitrogens with one attached hydrogen (secondary N) is 1. The van der Waals surface area contributed by atoms with E-state index in [9.17, 15) is 15.3 Å². The molecule has 0 spiro atoms. The number of aliphatic hydroxyl groups is 4. The van der Waals surface area contributed by atoms with E-state index in [1.165, 1.54) is 7.05 Å². The molecule has 1 unspecified atom stereocenters. The molecule has 90 valence electrons. The molecule has 0 aliphatic carbocycles. The van der Waals surface area contributed by atoms with Gasteiger partial charge in [-0.15, -0.1) is 0 Å². The fraction of sp³-hybridized carbons (Fsp3) is 0.875. The standard InChI is InChI=1S/C7H15NO5.CH2O/c1-8-4-6(11)5(10)3(2-9)13-7(4)12;1-2/h3-12H,2H2,1H3;1H2/t3-,4-,5-,6-,7?;/m1./s1. The van der Waals surface area contributed by atoms with E-state index in [4.69, 9.17) is 14.6 Å². The van der Waals surface area contributed by atoms with E-state index in [0.717, 1.165) is 0 Å². The van der Waals surface area contributed by atoms with Crippen LogP contribution in [0.25, 0.3) is 0 Å². The van der Waals surface area contributed by atoms with Crippen LogP contribution >= 0.6 is 0 Å². The molecular weight excluding hydrogens is 206 g/mol. The minimum atomic E-state index is -1.22. The molecule has 0 radical (unpaired) electrons. The van der Waals surface area contributed by atoms with Crippen LogP contribution in [0.1, 0.15) is 0 Å². The molecule has 0 bridgehead atoms. The third-order valence-electron chi connectivity index (χ3n) is 2.23. The van der Waals surface area contributed by atoms with E-state index in [1.54, 1.807) is 0 Å². The molecule has 1 fully saturated rings. The van der Waals surface area contributed by atoms with Gasteiger partial charge in [-0.05, 0) is 7.05 Å². The van der Waals surface area contributed by atoms with Crippen molar-refractivity contribution in [3.05, 3.63) is 0 Å². The maximum atomic E-state index is 9.45. The van der Waals surface area contributed by atoms with E-state index in [2.05, 4.69) is 5.32 Å². The number of ether oxygens (including phenoxy) is 1. The Bertz CT molecular complexity index is 181. The highest BCUT2D eigenvalue weighted by molar-refractivity contribution is 5.11. The summed E-state index contributed by atoms with van der Waals surface area (Å²) in [6, 6.07) is -0.738. The van der Waals surface area contributed by atoms with Crippen molar-refractivity contribution >= 4 is 6.79 Å². The Morgan fingerprint density at radius 2 is 1.80 bits per heavy atom. The summed E-state index contributed by atoms with van der Waals surface area (Å²) < 4.78 is 4.85. The normalized spacial score (nSPS) is 40.5. The van der Waals surface area contributed by atoms with E-state index >= 15 is 0 Å². The van der Waals surface area contributed by atoms with E-state index in [0.29, 0.717) is 0 Å². The van der Waals surface area contributed by atoms with Gasteiger partial charge in [-0.3, -0.25) is 0 Å². The fourth-order valence-electron chi connectivity index (χ4n) is 1.41. The largest absolute Gasteiger partial charge is 0.394 e. The summed E-state index contributed by atoms with van der Waals surface area (Å²) in [6.07, 6.45) is -4.49. The number of hydrogen-bond donors (Lipinski definition) is 5. The molecule has 1 heterocycles. The van der Waals surface area contributed by atoms with E-state index < -0.39 is 37.3 Å². The molecule has 1 rings (SSSR count). The van der Waals surface area contributed by atoms with Gasteiger partial charge in [0.15, 0.2) is 6.29 Å². The predicted octanol–water partition coefficient (Wildman–Crippen LogP) is -3.18. The van der Waals surface area contributed by atoms with Gasteiger partial charge in [0.25, 0.3) is 0 Å². The van der Waals surface area contributed by atoms with Crippen LogP contribution in [0, 0.1) is 0 Å². The third-order valence-corrected chi connectivity index (χ3v) is 2.23. The van der Waals surface area contributed by atoms with Crippen LogP contribution in [0.4, 0.5) is 0 Å². The first-order chi connectivity index (χ1) is 7.11. The Kier molecular flexibility index (Phi) is 6.57. The number of likely N-dealkylation sites (N-methyl/N-ethyl adjacent to an activating group) is 1. The number of hydrogen-bond acceptors (Lipinski definition) is 7. The molecule has 0 saturated carbocycles. The van der Waals surface area contributed by atoms with Gasteiger partial charge >= 0.3 is 0 Å². The fourth-order valence-corrected chi connectivity index (χ4v) is 1.41. The SMILES string of the molecule is C=O.CN[C@H]1C(O)O[C@H](CO)[C@@H](O)[C@@H]1O. The van der Waals surface area contributed by atoms with Crippen molar-refractivity contribution in [1.29, 1.82) is 0 Å². The average Bonchev–Trinajstić information content (AvgIpc) is 2.27. The van der Waals surface area contributed by atoms with Gasteiger partial charge in [0.05, 0.1) is 12.6 Å². The number of carbonyl (C=O) groups excluding carboxylic acids is 1. The highest BCUT2D eigenvalue weighted by Crippen LogP contribution is 2.18. The van der Waals surface area contributed by atoms with Gasteiger partial charge in [-0.2, -0.15) is 0 Å². The second-order valence-corrected chi connectivity index (χ2v) is 3.04. The maximum absolute atomic E-state index is 9.45. The zero-order valence-corrected chi connectivity index (χ0v) is 8.41. The van der Waals surface area contributed by atoms with Gasteiger partial charge in [0, 0.05) is 0 Å². The second-order valence-electron chi connectivity index (χ2n) is 3.04. The average molecular weight is 223 g/mol. The van der Waals surface area contributed by atoms with Gasteiger partial charge in [-0.1, -0.05) is 0 Å². The summed E-state index contributed by atoms with van der Waals surface area (Å²) in [5, 5.41) is 39.4. The van der Waals surface area contributed by atoms with Crippen molar-refractivity contribution < 1.29 is 30.0 Å². The second kappa shape index (κ2) is 6.83. The summed E-state index contributed by atoms with van der Waals surface area (Å²) in [5.41, 5.74) is 0. The van der Waals surface area contributed by atoms with E-state index in [-0.39, 0.29) is 0 Å². The van der Waals surface area contributed by atoms with Crippen molar-refractivity contribution in [3.63, 3.8) is 0 Å². The van der Waals surface area contributed by atoms with Gasteiger partial charge in [-0.25, -0.2) is 0 Å². The van der Waals surface area contributed by atoms with Crippen LogP contribution in [0.2, 0.25) is 0 Å². The van der Waals surface area contributed by atoms with Crippen molar-refractivity contribution in [2.45, 2.75) is 30.6 Å². The van der Waals surface area contributed by atoms with Crippen LogP contribution in [0.5, 0.6) is 0 Å². The molecule has 5 N–H and O–H groups in total. The molecule has 15 heavy (non-hydrogen) atoms. The molecule has 7 nitrogen and oxygen atoms in total. The lowest BCUT2D eigenvalue weighted by atomic mass is 9.97. The molecule has 1 aliphatic heterocycles. The quantitative estimate of drug-likeness (QED) is 0.335. The zero-order valence-electron chi connectivity index (χ0n) is 8.41. The highest BCUT2D eigenvalue weighted by Gasteiger charge is 2.42. The summed E-state index contributed by atoms with van der Waals surface area (Å²) >= 11 is 0. The van der Waals surface area contributed by atoms with Crippen LogP contribution in [-0.4, -0.2) is 71.5 Å². The first-order valence-electron chi connectivity index (χ1n) is 4.38. The summed E-state index contributed by atoms with van der Waals surface area (Å²) in [6.45, 7) is 1.56. The molecular formula is C8H17NO6. The topological polar surface area (TPSA) is 119 Å². The Hall–Kier alpha value is -0.570. The van der Waals surface area contributed by atoms with Gasteiger partial charge in [0.1, 0.15) is 25.1 Å². The molecule has 0 amide bonds. The predicted molar refractivity (Wildman–Crippen MR) is 49.9 cm³/mol. The maximum Gasteiger partial charge on any atom is 0.173 e. The zero-order chi connectivity index (χ0) is 12.0. The summed E-state index contributed by atoms with van der Waals surface area (Å²) in [7, 11) is 1.53. The Morgan fingerprint density at radius 1 is 1.27 bits per heavy atom. The van der Waals surface area contributed by atoms with Crippen molar-refractivity contribution in [3.8, 4) is 0 Å². The highest BCUT2D eigenvalue weighted by atomic mass is 16.6. The Morgan fingerprint density at radius 3 is 2.20 bits per heavy atom. The first-order valence-corrected chi connectivity index (χ1v) is 4.38. The Labute approximate surface area is 87.3 Å². The summed E-state index contributed by atoms with van der Waals surface area (Å²) in [4.78, 5) is 8.00.